The number of aryl methyl sites for hydroxylation is 2. The molecule has 2 aromatic heterocycles. The zero-order valence-electron chi connectivity index (χ0n) is 14.7. The van der Waals surface area contributed by atoms with Crippen molar-refractivity contribution in [2.75, 3.05) is 12.4 Å². The number of rotatable bonds is 2. The average Bonchev–Trinajstić information content (AvgIpc) is 3.15. The first-order chi connectivity index (χ1) is 12.7. The Morgan fingerprint density at radius 1 is 1.26 bits per heavy atom. The first kappa shape index (κ1) is 17.2. The van der Waals surface area contributed by atoms with Crippen LogP contribution in [0.25, 0.3) is 16.7 Å². The number of nitrogens with one attached hydrogen (secondary N) is 1. The lowest BCUT2D eigenvalue weighted by molar-refractivity contribution is -0.113. The summed E-state index contributed by atoms with van der Waals surface area (Å²) in [5.41, 5.74) is 0.812. The standard InChI is InChI=1S/C17H16N4O5S/c1-9-8-26-17(18-9)19-16(23)13-14(22)12-15(27(24,25)21(13)3)10-6-4-5-7-11(10)20(12)2/h4-8,22H,1-3H3,(H,18,19,23). The third-order valence-electron chi connectivity index (χ3n) is 4.50. The number of para-hydroxylation sites is 1. The number of oxazole rings is 1. The number of sulfonamides is 1. The summed E-state index contributed by atoms with van der Waals surface area (Å²) in [5, 5.41) is 13.6. The highest BCUT2D eigenvalue weighted by molar-refractivity contribution is 7.89. The number of nitrogens with zero attached hydrogens (tertiary/aromatic N) is 3. The molecule has 10 heteroatoms. The van der Waals surface area contributed by atoms with Crippen LogP contribution in [0.1, 0.15) is 11.4 Å². The molecule has 0 saturated heterocycles. The van der Waals surface area contributed by atoms with Gasteiger partial charge < -0.3 is 14.1 Å². The van der Waals surface area contributed by atoms with Gasteiger partial charge in [-0.15, -0.1) is 0 Å². The number of carbonyl (C=O) groups is 1. The van der Waals surface area contributed by atoms with Crippen molar-refractivity contribution in [1.29, 1.82) is 0 Å². The van der Waals surface area contributed by atoms with Gasteiger partial charge in [0.2, 0.25) is 0 Å². The lowest BCUT2D eigenvalue weighted by Gasteiger charge is -2.27. The number of carbonyl (C=O) groups excluding carboxylic acids is 1. The number of fused-ring (bicyclic) bond motifs is 3. The molecule has 0 spiro atoms. The quantitative estimate of drug-likeness (QED) is 0.693. The number of likely N-dealkylation sites (N-methyl/N-ethyl adjacent to an activating group) is 1. The number of hydrogen-bond donors (Lipinski definition) is 2. The van der Waals surface area contributed by atoms with Crippen LogP contribution in [-0.4, -0.2) is 40.3 Å². The van der Waals surface area contributed by atoms with Gasteiger partial charge in [-0.25, -0.2) is 8.42 Å². The molecule has 1 amide bonds. The molecule has 140 valence electrons. The summed E-state index contributed by atoms with van der Waals surface area (Å²) in [5.74, 6) is -1.29. The summed E-state index contributed by atoms with van der Waals surface area (Å²) in [6.07, 6.45) is 1.34. The van der Waals surface area contributed by atoms with Gasteiger partial charge >= 0.3 is 6.01 Å². The third-order valence-corrected chi connectivity index (χ3v) is 6.33. The van der Waals surface area contributed by atoms with Crippen LogP contribution in [0.15, 0.2) is 45.5 Å². The van der Waals surface area contributed by atoms with E-state index in [-0.39, 0.29) is 16.6 Å². The van der Waals surface area contributed by atoms with Crippen LogP contribution >= 0.6 is 0 Å². The smallest absolute Gasteiger partial charge is 0.301 e. The fourth-order valence-electron chi connectivity index (χ4n) is 3.22. The van der Waals surface area contributed by atoms with E-state index in [1.807, 2.05) is 0 Å². The molecule has 3 heterocycles. The maximum absolute atomic E-state index is 13.1. The predicted molar refractivity (Wildman–Crippen MR) is 97.3 cm³/mol. The van der Waals surface area contributed by atoms with Crippen molar-refractivity contribution in [3.05, 3.63) is 47.6 Å². The summed E-state index contributed by atoms with van der Waals surface area (Å²) in [6, 6.07) is 6.79. The van der Waals surface area contributed by atoms with Gasteiger partial charge in [-0.2, -0.15) is 4.98 Å². The molecule has 0 saturated carbocycles. The molecule has 0 radical (unpaired) electrons. The Kier molecular flexibility index (Phi) is 3.57. The van der Waals surface area contributed by atoms with E-state index in [0.29, 0.717) is 16.6 Å². The number of hydrogen-bond acceptors (Lipinski definition) is 6. The van der Waals surface area contributed by atoms with Crippen LogP contribution in [0.5, 0.6) is 0 Å². The van der Waals surface area contributed by atoms with Crippen molar-refractivity contribution in [3.63, 3.8) is 0 Å². The molecule has 3 aromatic rings. The van der Waals surface area contributed by atoms with Crippen molar-refractivity contribution in [3.8, 4) is 0 Å². The average molecular weight is 388 g/mol. The van der Waals surface area contributed by atoms with Gasteiger partial charge in [0.15, 0.2) is 11.5 Å². The molecule has 4 rings (SSSR count). The van der Waals surface area contributed by atoms with Crippen molar-refractivity contribution >= 4 is 38.6 Å². The monoisotopic (exact) mass is 388 g/mol. The maximum atomic E-state index is 13.1. The summed E-state index contributed by atoms with van der Waals surface area (Å²) >= 11 is 0. The van der Waals surface area contributed by atoms with Crippen molar-refractivity contribution in [2.45, 2.75) is 11.8 Å². The summed E-state index contributed by atoms with van der Waals surface area (Å²) in [6.45, 7) is 1.68. The van der Waals surface area contributed by atoms with Crippen molar-refractivity contribution in [2.24, 2.45) is 7.05 Å². The normalized spacial score (nSPS) is 15.9. The van der Waals surface area contributed by atoms with Gasteiger partial charge in [0, 0.05) is 25.0 Å². The van der Waals surface area contributed by atoms with Gasteiger partial charge in [0.1, 0.15) is 16.9 Å². The molecule has 9 nitrogen and oxygen atoms in total. The van der Waals surface area contributed by atoms with E-state index >= 15 is 0 Å². The largest absolute Gasteiger partial charge is 0.504 e. The maximum Gasteiger partial charge on any atom is 0.301 e. The second-order valence-corrected chi connectivity index (χ2v) is 8.08. The van der Waals surface area contributed by atoms with Crippen LogP contribution in [0.3, 0.4) is 0 Å². The van der Waals surface area contributed by atoms with E-state index in [1.165, 1.54) is 13.3 Å². The summed E-state index contributed by atoms with van der Waals surface area (Å²) in [4.78, 5) is 16.6. The highest BCUT2D eigenvalue weighted by Crippen LogP contribution is 2.40. The number of aliphatic hydroxyl groups excluding tert-OH is 1. The molecule has 0 fully saturated rings. The number of aromatic nitrogens is 2. The molecule has 1 aliphatic rings. The molecule has 0 atom stereocenters. The SMILES string of the molecule is Cc1coc(NC(=O)C2=C(O)c3c(c4ccccc4n3C)S(=O)(=O)N2C)n1. The van der Waals surface area contributed by atoms with Gasteiger partial charge in [-0.05, 0) is 13.0 Å². The summed E-state index contributed by atoms with van der Waals surface area (Å²) in [7, 11) is -1.21. The van der Waals surface area contributed by atoms with Crippen molar-refractivity contribution in [1.82, 2.24) is 13.9 Å². The molecule has 1 aromatic carbocycles. The lowest BCUT2D eigenvalue weighted by Crippen LogP contribution is -2.37. The Bertz CT molecular complexity index is 1240. The molecular formula is C17H16N4O5S. The van der Waals surface area contributed by atoms with E-state index in [2.05, 4.69) is 10.3 Å². The molecule has 2 N–H and O–H groups in total. The Labute approximate surface area is 154 Å². The number of aliphatic hydroxyl groups is 1. The van der Waals surface area contributed by atoms with E-state index in [9.17, 15) is 18.3 Å². The van der Waals surface area contributed by atoms with Crippen LogP contribution in [0.4, 0.5) is 6.01 Å². The zero-order valence-corrected chi connectivity index (χ0v) is 15.5. The highest BCUT2D eigenvalue weighted by atomic mass is 32.2. The first-order valence-corrected chi connectivity index (χ1v) is 9.41. The van der Waals surface area contributed by atoms with Crippen LogP contribution in [-0.2, 0) is 21.9 Å². The molecule has 0 bridgehead atoms. The molecule has 1 aliphatic heterocycles. The summed E-state index contributed by atoms with van der Waals surface area (Å²) < 4.78 is 33.6. The number of benzene rings is 1. The Morgan fingerprint density at radius 3 is 2.63 bits per heavy atom. The highest BCUT2D eigenvalue weighted by Gasteiger charge is 2.42. The zero-order chi connectivity index (χ0) is 19.5. The molecule has 0 unspecified atom stereocenters. The Hall–Kier alpha value is -3.27. The topological polar surface area (TPSA) is 118 Å². The van der Waals surface area contributed by atoms with Crippen molar-refractivity contribution < 1.29 is 22.7 Å². The van der Waals surface area contributed by atoms with Gasteiger partial charge in [-0.1, -0.05) is 18.2 Å². The predicted octanol–water partition coefficient (Wildman–Crippen LogP) is 1.97. The second-order valence-electron chi connectivity index (χ2n) is 6.17. The molecule has 0 aliphatic carbocycles. The van der Waals surface area contributed by atoms with E-state index < -0.39 is 27.4 Å². The minimum absolute atomic E-state index is 0.0379. The van der Waals surface area contributed by atoms with Crippen LogP contribution < -0.4 is 5.32 Å². The Morgan fingerprint density at radius 2 is 1.96 bits per heavy atom. The third kappa shape index (κ3) is 2.33. The van der Waals surface area contributed by atoms with E-state index in [1.54, 1.807) is 42.8 Å². The van der Waals surface area contributed by atoms with Gasteiger partial charge in [0.25, 0.3) is 15.9 Å². The minimum Gasteiger partial charge on any atom is -0.504 e. The van der Waals surface area contributed by atoms with E-state index in [0.717, 1.165) is 4.31 Å². The number of amides is 1. The lowest BCUT2D eigenvalue weighted by atomic mass is 10.2. The Balaban J connectivity index is 1.94. The minimum atomic E-state index is -4.06. The second kappa shape index (κ2) is 5.61. The van der Waals surface area contributed by atoms with Gasteiger partial charge in [-0.3, -0.25) is 14.4 Å². The number of anilines is 1. The van der Waals surface area contributed by atoms with Crippen LogP contribution in [0.2, 0.25) is 0 Å². The van der Waals surface area contributed by atoms with E-state index in [4.69, 9.17) is 4.42 Å². The fourth-order valence-corrected chi connectivity index (χ4v) is 4.83. The fraction of sp³-hybridized carbons (Fsp3) is 0.176. The molecular weight excluding hydrogens is 372 g/mol. The van der Waals surface area contributed by atoms with Gasteiger partial charge in [0.05, 0.1) is 5.69 Å². The first-order valence-electron chi connectivity index (χ1n) is 7.97. The van der Waals surface area contributed by atoms with Crippen LogP contribution in [0, 0.1) is 6.92 Å². The molecule has 27 heavy (non-hydrogen) atoms.